The monoisotopic (exact) mass is 204 g/mol. The summed E-state index contributed by atoms with van der Waals surface area (Å²) in [6.45, 7) is 0. The Morgan fingerprint density at radius 2 is 2.27 bits per heavy atom. The number of H-pyrrole nitrogens is 1. The normalized spacial score (nSPS) is 10.1. The van der Waals surface area contributed by atoms with Crippen molar-refractivity contribution in [2.45, 2.75) is 0 Å². The van der Waals surface area contributed by atoms with Gasteiger partial charge in [-0.3, -0.25) is 4.79 Å². The van der Waals surface area contributed by atoms with E-state index in [4.69, 9.17) is 10.5 Å². The van der Waals surface area contributed by atoms with Gasteiger partial charge in [0.05, 0.1) is 5.39 Å². The molecule has 0 fully saturated rings. The molecule has 0 unspecified atom stereocenters. The lowest BCUT2D eigenvalue weighted by molar-refractivity contribution is 0.112. The van der Waals surface area contributed by atoms with Crippen LogP contribution in [0, 0.1) is 0 Å². The molecule has 3 N–H and O–H groups in total. The number of ether oxygens (including phenoxy) is 1. The van der Waals surface area contributed by atoms with Gasteiger partial charge in [0.15, 0.2) is 6.29 Å². The maximum Gasteiger partial charge on any atom is 0.409 e. The molecule has 0 bridgehead atoms. The number of amides is 1. The fourth-order valence-corrected chi connectivity index (χ4v) is 1.46. The number of primary amides is 1. The average molecular weight is 204 g/mol. The zero-order chi connectivity index (χ0) is 10.8. The minimum absolute atomic E-state index is 0.281. The fraction of sp³-hybridized carbons (Fsp3) is 0. The number of benzene rings is 1. The number of carbonyl (C=O) groups is 2. The molecule has 0 radical (unpaired) electrons. The van der Waals surface area contributed by atoms with Crippen molar-refractivity contribution in [2.24, 2.45) is 5.73 Å². The Balaban J connectivity index is 2.66. The number of aromatic nitrogens is 1. The van der Waals surface area contributed by atoms with Crippen molar-refractivity contribution in [1.82, 2.24) is 4.98 Å². The Morgan fingerprint density at radius 3 is 2.93 bits per heavy atom. The van der Waals surface area contributed by atoms with E-state index in [-0.39, 0.29) is 5.75 Å². The number of rotatable bonds is 2. The first-order chi connectivity index (χ1) is 7.22. The molecule has 0 saturated heterocycles. The first-order valence-electron chi connectivity index (χ1n) is 4.25. The van der Waals surface area contributed by atoms with Crippen LogP contribution in [0.4, 0.5) is 4.79 Å². The van der Waals surface area contributed by atoms with Crippen LogP contribution >= 0.6 is 0 Å². The summed E-state index contributed by atoms with van der Waals surface area (Å²) in [6, 6.07) is 5.05. The molecule has 0 aliphatic heterocycles. The van der Waals surface area contributed by atoms with Crippen molar-refractivity contribution in [2.75, 3.05) is 0 Å². The molecule has 0 aliphatic carbocycles. The van der Waals surface area contributed by atoms with Gasteiger partial charge in [-0.1, -0.05) is 6.07 Å². The number of nitrogens with one attached hydrogen (secondary N) is 1. The van der Waals surface area contributed by atoms with Gasteiger partial charge in [-0.2, -0.15) is 0 Å². The van der Waals surface area contributed by atoms with Crippen LogP contribution < -0.4 is 10.5 Å². The number of aromatic amines is 1. The van der Waals surface area contributed by atoms with Gasteiger partial charge in [0.1, 0.15) is 5.75 Å². The summed E-state index contributed by atoms with van der Waals surface area (Å²) in [5.74, 6) is 0.281. The van der Waals surface area contributed by atoms with Crippen molar-refractivity contribution in [3.63, 3.8) is 0 Å². The second kappa shape index (κ2) is 3.45. The second-order valence-corrected chi connectivity index (χ2v) is 2.96. The van der Waals surface area contributed by atoms with Gasteiger partial charge in [-0.05, 0) is 12.1 Å². The van der Waals surface area contributed by atoms with Crippen LogP contribution in [0.1, 0.15) is 10.4 Å². The average Bonchev–Trinajstić information content (AvgIpc) is 2.61. The quantitative estimate of drug-likeness (QED) is 0.725. The van der Waals surface area contributed by atoms with Gasteiger partial charge in [0.25, 0.3) is 0 Å². The van der Waals surface area contributed by atoms with E-state index < -0.39 is 6.09 Å². The van der Waals surface area contributed by atoms with Gasteiger partial charge >= 0.3 is 6.09 Å². The molecule has 1 aromatic carbocycles. The van der Waals surface area contributed by atoms with E-state index in [0.29, 0.717) is 17.2 Å². The highest BCUT2D eigenvalue weighted by atomic mass is 16.5. The predicted molar refractivity (Wildman–Crippen MR) is 53.9 cm³/mol. The zero-order valence-corrected chi connectivity index (χ0v) is 7.69. The van der Waals surface area contributed by atoms with Gasteiger partial charge in [0, 0.05) is 17.3 Å². The van der Waals surface area contributed by atoms with Crippen LogP contribution in [0.25, 0.3) is 10.9 Å². The van der Waals surface area contributed by atoms with E-state index in [1.165, 1.54) is 0 Å². The summed E-state index contributed by atoms with van der Waals surface area (Å²) in [5, 5.41) is 0.561. The molecule has 0 spiro atoms. The number of fused-ring (bicyclic) bond motifs is 1. The SMILES string of the molecule is NC(=O)Oc1cccc2[nH]cc(C=O)c12. The minimum atomic E-state index is -0.902. The van der Waals surface area contributed by atoms with Crippen LogP contribution in [0.2, 0.25) is 0 Å². The van der Waals surface area contributed by atoms with E-state index >= 15 is 0 Å². The molecule has 5 heteroatoms. The molecule has 1 amide bonds. The van der Waals surface area contributed by atoms with E-state index in [2.05, 4.69) is 4.98 Å². The lowest BCUT2D eigenvalue weighted by Crippen LogP contribution is -2.16. The Bertz CT molecular complexity index is 530. The van der Waals surface area contributed by atoms with Crippen LogP contribution in [0.15, 0.2) is 24.4 Å². The van der Waals surface area contributed by atoms with Crippen LogP contribution in [-0.4, -0.2) is 17.4 Å². The minimum Gasteiger partial charge on any atom is -0.410 e. The molecular formula is C10H8N2O3. The van der Waals surface area contributed by atoms with Crippen molar-refractivity contribution in [3.8, 4) is 5.75 Å². The predicted octanol–water partition coefficient (Wildman–Crippen LogP) is 1.44. The Morgan fingerprint density at radius 1 is 1.47 bits per heavy atom. The van der Waals surface area contributed by atoms with Gasteiger partial charge in [0.2, 0.25) is 0 Å². The number of carbonyl (C=O) groups excluding carboxylic acids is 2. The van der Waals surface area contributed by atoms with Gasteiger partial charge in [-0.15, -0.1) is 0 Å². The third-order valence-electron chi connectivity index (χ3n) is 2.04. The third-order valence-corrected chi connectivity index (χ3v) is 2.04. The first kappa shape index (κ1) is 9.26. The van der Waals surface area contributed by atoms with E-state index in [0.717, 1.165) is 5.52 Å². The maximum absolute atomic E-state index is 10.7. The van der Waals surface area contributed by atoms with Crippen molar-refractivity contribution >= 4 is 23.3 Å². The molecule has 0 saturated carbocycles. The summed E-state index contributed by atoms with van der Waals surface area (Å²) in [4.78, 5) is 24.3. The summed E-state index contributed by atoms with van der Waals surface area (Å²) in [5.41, 5.74) is 6.07. The highest BCUT2D eigenvalue weighted by Crippen LogP contribution is 2.27. The van der Waals surface area contributed by atoms with Crippen LogP contribution in [0.5, 0.6) is 5.75 Å². The van der Waals surface area contributed by atoms with Crippen LogP contribution in [0.3, 0.4) is 0 Å². The molecule has 1 heterocycles. The second-order valence-electron chi connectivity index (χ2n) is 2.96. The van der Waals surface area contributed by atoms with Gasteiger partial charge < -0.3 is 15.5 Å². The number of aldehydes is 1. The molecular weight excluding hydrogens is 196 g/mol. The molecule has 76 valence electrons. The molecule has 2 aromatic rings. The third kappa shape index (κ3) is 1.54. The van der Waals surface area contributed by atoms with Crippen molar-refractivity contribution in [3.05, 3.63) is 30.0 Å². The lowest BCUT2D eigenvalue weighted by Gasteiger charge is -2.02. The highest BCUT2D eigenvalue weighted by molar-refractivity contribution is 6.01. The summed E-state index contributed by atoms with van der Waals surface area (Å²) in [6.07, 6.45) is 1.33. The lowest BCUT2D eigenvalue weighted by atomic mass is 10.2. The Hall–Kier alpha value is -2.30. The fourth-order valence-electron chi connectivity index (χ4n) is 1.46. The summed E-state index contributed by atoms with van der Waals surface area (Å²) < 4.78 is 4.79. The van der Waals surface area contributed by atoms with E-state index in [1.807, 2.05) is 0 Å². The molecule has 2 rings (SSSR count). The summed E-state index contributed by atoms with van der Waals surface area (Å²) in [7, 11) is 0. The topological polar surface area (TPSA) is 85.2 Å². The van der Waals surface area contributed by atoms with Crippen LogP contribution in [-0.2, 0) is 0 Å². The molecule has 0 aliphatic rings. The number of nitrogens with two attached hydrogens (primary N) is 1. The highest BCUT2D eigenvalue weighted by Gasteiger charge is 2.10. The molecule has 0 atom stereocenters. The van der Waals surface area contributed by atoms with E-state index in [1.54, 1.807) is 24.4 Å². The summed E-state index contributed by atoms with van der Waals surface area (Å²) >= 11 is 0. The molecule has 1 aromatic heterocycles. The molecule has 5 nitrogen and oxygen atoms in total. The number of hydrogen-bond acceptors (Lipinski definition) is 3. The Labute approximate surface area is 84.8 Å². The smallest absolute Gasteiger partial charge is 0.409 e. The Kier molecular flexibility index (Phi) is 2.13. The standard InChI is InChI=1S/C10H8N2O3/c11-10(14)15-8-3-1-2-7-9(8)6(5-13)4-12-7/h1-5,12H,(H2,11,14). The van der Waals surface area contributed by atoms with E-state index in [9.17, 15) is 9.59 Å². The maximum atomic E-state index is 10.7. The zero-order valence-electron chi connectivity index (χ0n) is 7.69. The first-order valence-corrected chi connectivity index (χ1v) is 4.25. The molecule has 15 heavy (non-hydrogen) atoms. The van der Waals surface area contributed by atoms with Crippen molar-refractivity contribution < 1.29 is 14.3 Å². The van der Waals surface area contributed by atoms with Crippen molar-refractivity contribution in [1.29, 1.82) is 0 Å². The largest absolute Gasteiger partial charge is 0.410 e. The van der Waals surface area contributed by atoms with Gasteiger partial charge in [-0.25, -0.2) is 4.79 Å². The number of hydrogen-bond donors (Lipinski definition) is 2.